The quantitative estimate of drug-likeness (QED) is 0.557. The molecule has 0 atom stereocenters. The molecule has 0 saturated heterocycles. The highest BCUT2D eigenvalue weighted by Crippen LogP contribution is 2.34. The van der Waals surface area contributed by atoms with Crippen molar-refractivity contribution in [1.82, 2.24) is 5.32 Å². The van der Waals surface area contributed by atoms with Crippen LogP contribution in [0.2, 0.25) is 0 Å². The van der Waals surface area contributed by atoms with Gasteiger partial charge in [0.05, 0.1) is 39.4 Å². The van der Waals surface area contributed by atoms with E-state index in [2.05, 4.69) is 5.32 Å². The number of hydrogen-bond donors (Lipinski definition) is 1. The van der Waals surface area contributed by atoms with Crippen molar-refractivity contribution in [2.45, 2.75) is 6.54 Å². The highest BCUT2D eigenvalue weighted by Gasteiger charge is 2.24. The minimum absolute atomic E-state index is 0.127. The number of benzene rings is 2. The van der Waals surface area contributed by atoms with Crippen LogP contribution in [0.15, 0.2) is 30.3 Å². The lowest BCUT2D eigenvalue weighted by Gasteiger charge is -2.12. The molecule has 0 radical (unpaired) electrons. The van der Waals surface area contributed by atoms with Gasteiger partial charge >= 0.3 is 0 Å². The minimum Gasteiger partial charge on any atom is -0.493 e. The summed E-state index contributed by atoms with van der Waals surface area (Å²) in [5.74, 6) is 0.849. The van der Waals surface area contributed by atoms with Crippen LogP contribution in [0.4, 0.5) is 5.69 Å². The van der Waals surface area contributed by atoms with Crippen LogP contribution in [0.3, 0.4) is 0 Å². The van der Waals surface area contributed by atoms with Crippen molar-refractivity contribution in [3.8, 4) is 23.0 Å². The summed E-state index contributed by atoms with van der Waals surface area (Å²) in [5.41, 5.74) is 0.236. The van der Waals surface area contributed by atoms with E-state index >= 15 is 0 Å². The average Bonchev–Trinajstić information content (AvgIpc) is 2.70. The molecule has 2 rings (SSSR count). The molecular weight excluding hydrogens is 356 g/mol. The van der Waals surface area contributed by atoms with Crippen molar-refractivity contribution in [3.05, 3.63) is 51.6 Å². The number of nitrogens with one attached hydrogen (secondary N) is 1. The molecule has 0 heterocycles. The Labute approximate surface area is 155 Å². The molecule has 1 N–H and O–H groups in total. The lowest BCUT2D eigenvalue weighted by molar-refractivity contribution is -0.385. The van der Waals surface area contributed by atoms with Gasteiger partial charge in [-0.15, -0.1) is 0 Å². The summed E-state index contributed by atoms with van der Waals surface area (Å²) in [6.07, 6.45) is 0. The Kier molecular flexibility index (Phi) is 6.42. The van der Waals surface area contributed by atoms with Gasteiger partial charge in [-0.25, -0.2) is 0 Å². The first-order valence-corrected chi connectivity index (χ1v) is 7.84. The zero-order chi connectivity index (χ0) is 20.0. The zero-order valence-electron chi connectivity index (χ0n) is 15.4. The van der Waals surface area contributed by atoms with Gasteiger partial charge in [-0.3, -0.25) is 14.9 Å². The van der Waals surface area contributed by atoms with E-state index in [4.69, 9.17) is 18.9 Å². The smallest absolute Gasteiger partial charge is 0.286 e. The van der Waals surface area contributed by atoms with E-state index in [-0.39, 0.29) is 29.3 Å². The maximum absolute atomic E-state index is 12.5. The van der Waals surface area contributed by atoms with E-state index in [1.807, 2.05) is 0 Å². The van der Waals surface area contributed by atoms with Crippen molar-refractivity contribution in [1.29, 1.82) is 0 Å². The Hall–Kier alpha value is -3.49. The second-order valence-electron chi connectivity index (χ2n) is 5.35. The largest absolute Gasteiger partial charge is 0.493 e. The van der Waals surface area contributed by atoms with Gasteiger partial charge < -0.3 is 24.3 Å². The SMILES string of the molecule is COc1ccc(CNC(=O)c2cc(OC)c(OC)cc2[N+](=O)[O-])cc1OC. The molecule has 2 aromatic rings. The molecule has 0 spiro atoms. The monoisotopic (exact) mass is 376 g/mol. The van der Waals surface area contributed by atoms with Gasteiger partial charge in [-0.05, 0) is 17.7 Å². The molecule has 0 unspecified atom stereocenters. The number of ether oxygens (including phenoxy) is 4. The number of methoxy groups -OCH3 is 4. The van der Waals surface area contributed by atoms with Crippen molar-refractivity contribution in [2.24, 2.45) is 0 Å². The van der Waals surface area contributed by atoms with Crippen LogP contribution in [0, 0.1) is 10.1 Å². The summed E-state index contributed by atoms with van der Waals surface area (Å²) in [7, 11) is 5.77. The van der Waals surface area contributed by atoms with E-state index in [0.717, 1.165) is 11.6 Å². The first-order chi connectivity index (χ1) is 12.9. The maximum Gasteiger partial charge on any atom is 0.286 e. The van der Waals surface area contributed by atoms with E-state index in [0.29, 0.717) is 11.5 Å². The summed E-state index contributed by atoms with van der Waals surface area (Å²) in [6, 6.07) is 7.61. The normalized spacial score (nSPS) is 10.1. The molecule has 0 saturated carbocycles. The highest BCUT2D eigenvalue weighted by atomic mass is 16.6. The standard InChI is InChI=1S/C18H20N2O7/c1-24-14-6-5-11(7-15(14)25-2)10-19-18(21)12-8-16(26-3)17(27-4)9-13(12)20(22)23/h5-9H,10H2,1-4H3,(H,19,21). The van der Waals surface area contributed by atoms with Crippen LogP contribution in [0.5, 0.6) is 23.0 Å². The van der Waals surface area contributed by atoms with Gasteiger partial charge in [0.15, 0.2) is 23.0 Å². The third-order valence-electron chi connectivity index (χ3n) is 3.84. The molecule has 9 nitrogen and oxygen atoms in total. The lowest BCUT2D eigenvalue weighted by atomic mass is 10.1. The number of nitro groups is 1. The second kappa shape index (κ2) is 8.75. The molecular formula is C18H20N2O7. The van der Waals surface area contributed by atoms with E-state index < -0.39 is 10.8 Å². The zero-order valence-corrected chi connectivity index (χ0v) is 15.4. The van der Waals surface area contributed by atoms with Gasteiger partial charge in [0, 0.05) is 12.6 Å². The molecule has 0 fully saturated rings. The number of carbonyl (C=O) groups excluding carboxylic acids is 1. The topological polar surface area (TPSA) is 109 Å². The Morgan fingerprint density at radius 1 is 0.926 bits per heavy atom. The molecule has 0 aliphatic rings. The number of amides is 1. The van der Waals surface area contributed by atoms with Gasteiger partial charge in [0.2, 0.25) is 0 Å². The van der Waals surface area contributed by atoms with Crippen molar-refractivity contribution in [3.63, 3.8) is 0 Å². The average molecular weight is 376 g/mol. The van der Waals surface area contributed by atoms with Gasteiger partial charge in [0.1, 0.15) is 5.56 Å². The van der Waals surface area contributed by atoms with Gasteiger partial charge in [0.25, 0.3) is 11.6 Å². The summed E-state index contributed by atoms with van der Waals surface area (Å²) in [4.78, 5) is 23.2. The molecule has 27 heavy (non-hydrogen) atoms. The number of hydrogen-bond acceptors (Lipinski definition) is 7. The first-order valence-electron chi connectivity index (χ1n) is 7.84. The second-order valence-corrected chi connectivity index (χ2v) is 5.35. The van der Waals surface area contributed by atoms with Crippen LogP contribution in [0.1, 0.15) is 15.9 Å². The van der Waals surface area contributed by atoms with Crippen molar-refractivity contribution in [2.75, 3.05) is 28.4 Å². The third kappa shape index (κ3) is 4.38. The summed E-state index contributed by atoms with van der Waals surface area (Å²) < 4.78 is 20.6. The Morgan fingerprint density at radius 3 is 2.04 bits per heavy atom. The van der Waals surface area contributed by atoms with Crippen molar-refractivity contribution < 1.29 is 28.7 Å². The van der Waals surface area contributed by atoms with Crippen LogP contribution < -0.4 is 24.3 Å². The maximum atomic E-state index is 12.5. The minimum atomic E-state index is -0.646. The molecule has 2 aromatic carbocycles. The fourth-order valence-corrected chi connectivity index (χ4v) is 2.47. The van der Waals surface area contributed by atoms with E-state index in [9.17, 15) is 14.9 Å². The summed E-state index contributed by atoms with van der Waals surface area (Å²) in [5, 5.41) is 14.0. The van der Waals surface area contributed by atoms with Crippen LogP contribution in [-0.4, -0.2) is 39.3 Å². The van der Waals surface area contributed by atoms with Crippen LogP contribution in [-0.2, 0) is 6.54 Å². The summed E-state index contributed by atoms with van der Waals surface area (Å²) in [6.45, 7) is 0.144. The predicted molar refractivity (Wildman–Crippen MR) is 96.9 cm³/mol. The molecule has 9 heteroatoms. The molecule has 0 aliphatic heterocycles. The number of rotatable bonds is 8. The first kappa shape index (κ1) is 19.8. The fraction of sp³-hybridized carbons (Fsp3) is 0.278. The predicted octanol–water partition coefficient (Wildman–Crippen LogP) is 2.56. The lowest BCUT2D eigenvalue weighted by Crippen LogP contribution is -2.24. The Bertz CT molecular complexity index is 852. The van der Waals surface area contributed by atoms with E-state index in [1.165, 1.54) is 34.5 Å². The number of carbonyl (C=O) groups is 1. The summed E-state index contributed by atoms with van der Waals surface area (Å²) >= 11 is 0. The van der Waals surface area contributed by atoms with Gasteiger partial charge in [-0.2, -0.15) is 0 Å². The number of nitro benzene ring substituents is 1. The van der Waals surface area contributed by atoms with Crippen LogP contribution in [0.25, 0.3) is 0 Å². The molecule has 1 amide bonds. The third-order valence-corrected chi connectivity index (χ3v) is 3.84. The fourth-order valence-electron chi connectivity index (χ4n) is 2.47. The van der Waals surface area contributed by atoms with Gasteiger partial charge in [-0.1, -0.05) is 6.07 Å². The molecule has 144 valence electrons. The Balaban J connectivity index is 2.26. The number of nitrogens with zero attached hydrogens (tertiary/aromatic N) is 1. The van der Waals surface area contributed by atoms with E-state index in [1.54, 1.807) is 18.2 Å². The molecule has 0 aliphatic carbocycles. The highest BCUT2D eigenvalue weighted by molar-refractivity contribution is 5.99. The van der Waals surface area contributed by atoms with Crippen molar-refractivity contribution >= 4 is 11.6 Å². The van der Waals surface area contributed by atoms with Crippen LogP contribution >= 0.6 is 0 Å². The molecule has 0 aromatic heterocycles. The molecule has 0 bridgehead atoms. The Morgan fingerprint density at radius 2 is 1.48 bits per heavy atom.